The molecule has 0 aromatic carbocycles. The van der Waals surface area contributed by atoms with Gasteiger partial charge in [-0.3, -0.25) is 4.79 Å². The van der Waals surface area contributed by atoms with Gasteiger partial charge in [-0.05, 0) is 19.8 Å². The van der Waals surface area contributed by atoms with E-state index in [1.807, 2.05) is 11.8 Å². The minimum absolute atomic E-state index is 0.141. The molecule has 0 spiro atoms. The molecule has 0 radical (unpaired) electrons. The first-order valence-corrected chi connectivity index (χ1v) is 5.58. The minimum atomic E-state index is 0.141. The van der Waals surface area contributed by atoms with E-state index in [0.29, 0.717) is 6.04 Å². The second kappa shape index (κ2) is 6.02. The Bertz CT molecular complexity index is 176. The number of hydrogen-bond donors (Lipinski definition) is 0. The number of likely N-dealkylation sites (N-methyl/N-ethyl adjacent to an activating group) is 1. The molecule has 0 aromatic rings. The number of amides is 1. The molecule has 3 heteroatoms. The van der Waals surface area contributed by atoms with Crippen LogP contribution in [0.1, 0.15) is 39.0 Å². The van der Waals surface area contributed by atoms with Gasteiger partial charge in [0.15, 0.2) is 0 Å². The van der Waals surface area contributed by atoms with Crippen molar-refractivity contribution in [1.82, 2.24) is 4.90 Å². The van der Waals surface area contributed by atoms with E-state index in [1.54, 1.807) is 7.11 Å². The van der Waals surface area contributed by atoms with Crippen LogP contribution in [0.2, 0.25) is 0 Å². The summed E-state index contributed by atoms with van der Waals surface area (Å²) in [6.45, 7) is 3.08. The lowest BCUT2D eigenvalue weighted by Crippen LogP contribution is -2.42. The first-order valence-electron chi connectivity index (χ1n) is 5.58. The Morgan fingerprint density at radius 2 is 2.00 bits per heavy atom. The molecule has 3 nitrogen and oxygen atoms in total. The molecule has 1 rings (SSSR count). The Hall–Kier alpha value is -0.570. The number of ether oxygens (including phenoxy) is 1. The molecule has 1 aliphatic carbocycles. The van der Waals surface area contributed by atoms with Crippen molar-refractivity contribution in [1.29, 1.82) is 0 Å². The van der Waals surface area contributed by atoms with E-state index in [9.17, 15) is 4.79 Å². The fraction of sp³-hybridized carbons (Fsp3) is 0.909. The molecule has 0 aliphatic heterocycles. The van der Waals surface area contributed by atoms with Crippen LogP contribution in [-0.2, 0) is 9.53 Å². The molecule has 1 saturated carbocycles. The molecule has 1 aliphatic rings. The average molecular weight is 199 g/mol. The summed E-state index contributed by atoms with van der Waals surface area (Å²) in [5.41, 5.74) is 0. The fourth-order valence-corrected chi connectivity index (χ4v) is 2.24. The largest absolute Gasteiger partial charge is 0.375 e. The van der Waals surface area contributed by atoms with Crippen molar-refractivity contribution in [3.63, 3.8) is 0 Å². The van der Waals surface area contributed by atoms with Gasteiger partial charge in [-0.1, -0.05) is 19.3 Å². The lowest BCUT2D eigenvalue weighted by molar-refractivity contribution is -0.137. The Morgan fingerprint density at radius 1 is 1.36 bits per heavy atom. The SMILES string of the molecule is CCN(C(=O)COC)C1CCCCC1. The number of carbonyl (C=O) groups excluding carboxylic acids is 1. The summed E-state index contributed by atoms with van der Waals surface area (Å²) in [5, 5.41) is 0. The molecule has 82 valence electrons. The molecule has 0 N–H and O–H groups in total. The molecule has 0 bridgehead atoms. The Morgan fingerprint density at radius 3 is 2.50 bits per heavy atom. The number of carbonyl (C=O) groups is 1. The molecule has 1 amide bonds. The predicted octanol–water partition coefficient (Wildman–Crippen LogP) is 1.81. The van der Waals surface area contributed by atoms with Gasteiger partial charge in [-0.2, -0.15) is 0 Å². The summed E-state index contributed by atoms with van der Waals surface area (Å²) in [5.74, 6) is 0.141. The highest BCUT2D eigenvalue weighted by Gasteiger charge is 2.23. The molecule has 14 heavy (non-hydrogen) atoms. The van der Waals surface area contributed by atoms with Crippen molar-refractivity contribution in [3.8, 4) is 0 Å². The van der Waals surface area contributed by atoms with Crippen LogP contribution in [-0.4, -0.2) is 37.1 Å². The fourth-order valence-electron chi connectivity index (χ4n) is 2.24. The van der Waals surface area contributed by atoms with Crippen LogP contribution in [0, 0.1) is 0 Å². The van der Waals surface area contributed by atoms with Crippen LogP contribution < -0.4 is 0 Å². The Balaban J connectivity index is 2.46. The van der Waals surface area contributed by atoms with Crippen molar-refractivity contribution < 1.29 is 9.53 Å². The highest BCUT2D eigenvalue weighted by molar-refractivity contribution is 5.77. The van der Waals surface area contributed by atoms with Gasteiger partial charge >= 0.3 is 0 Å². The zero-order chi connectivity index (χ0) is 10.4. The average Bonchev–Trinajstić information content (AvgIpc) is 2.21. The van der Waals surface area contributed by atoms with E-state index in [-0.39, 0.29) is 12.5 Å². The van der Waals surface area contributed by atoms with Gasteiger partial charge < -0.3 is 9.64 Å². The highest BCUT2D eigenvalue weighted by Crippen LogP contribution is 2.22. The summed E-state index contributed by atoms with van der Waals surface area (Å²) < 4.78 is 4.89. The summed E-state index contributed by atoms with van der Waals surface area (Å²) in [6, 6.07) is 0.469. The molecule has 0 aromatic heterocycles. The summed E-state index contributed by atoms with van der Waals surface area (Å²) in [6.07, 6.45) is 6.20. The Kier molecular flexibility index (Phi) is 4.94. The van der Waals surface area contributed by atoms with Gasteiger partial charge in [-0.15, -0.1) is 0 Å². The van der Waals surface area contributed by atoms with Gasteiger partial charge in [0.2, 0.25) is 5.91 Å². The lowest BCUT2D eigenvalue weighted by Gasteiger charge is -2.33. The standard InChI is InChI=1S/C11H21NO2/c1-3-12(11(13)9-14-2)10-7-5-4-6-8-10/h10H,3-9H2,1-2H3. The van der Waals surface area contributed by atoms with E-state index >= 15 is 0 Å². The normalized spacial score (nSPS) is 18.1. The van der Waals surface area contributed by atoms with Crippen LogP contribution in [0.4, 0.5) is 0 Å². The van der Waals surface area contributed by atoms with Gasteiger partial charge in [0.1, 0.15) is 6.61 Å². The van der Waals surface area contributed by atoms with Crippen LogP contribution in [0.3, 0.4) is 0 Å². The Labute approximate surface area is 86.4 Å². The minimum Gasteiger partial charge on any atom is -0.375 e. The molecule has 0 heterocycles. The van der Waals surface area contributed by atoms with Crippen LogP contribution in [0.25, 0.3) is 0 Å². The molecule has 0 atom stereocenters. The van der Waals surface area contributed by atoms with E-state index in [1.165, 1.54) is 32.1 Å². The smallest absolute Gasteiger partial charge is 0.248 e. The van der Waals surface area contributed by atoms with Crippen LogP contribution in [0.15, 0.2) is 0 Å². The lowest BCUT2D eigenvalue weighted by atomic mass is 9.94. The maximum Gasteiger partial charge on any atom is 0.248 e. The number of rotatable bonds is 4. The maximum atomic E-state index is 11.7. The summed E-state index contributed by atoms with van der Waals surface area (Å²) in [4.78, 5) is 13.6. The third-order valence-electron chi connectivity index (χ3n) is 2.94. The van der Waals surface area contributed by atoms with E-state index in [0.717, 1.165) is 6.54 Å². The summed E-state index contributed by atoms with van der Waals surface area (Å²) in [7, 11) is 1.58. The zero-order valence-electron chi connectivity index (χ0n) is 9.29. The van der Waals surface area contributed by atoms with E-state index in [4.69, 9.17) is 4.74 Å². The molecule has 0 unspecified atom stereocenters. The van der Waals surface area contributed by atoms with Crippen LogP contribution in [0.5, 0.6) is 0 Å². The summed E-state index contributed by atoms with van der Waals surface area (Å²) >= 11 is 0. The number of methoxy groups -OCH3 is 1. The first-order chi connectivity index (χ1) is 6.79. The topological polar surface area (TPSA) is 29.5 Å². The molecule has 0 saturated heterocycles. The second-order valence-electron chi connectivity index (χ2n) is 3.90. The quantitative estimate of drug-likeness (QED) is 0.691. The van der Waals surface area contributed by atoms with Crippen molar-refractivity contribution in [2.24, 2.45) is 0 Å². The monoisotopic (exact) mass is 199 g/mol. The van der Waals surface area contributed by atoms with E-state index < -0.39 is 0 Å². The molecular weight excluding hydrogens is 178 g/mol. The van der Waals surface area contributed by atoms with E-state index in [2.05, 4.69) is 0 Å². The van der Waals surface area contributed by atoms with Gasteiger partial charge in [-0.25, -0.2) is 0 Å². The van der Waals surface area contributed by atoms with Gasteiger partial charge in [0, 0.05) is 19.7 Å². The molecular formula is C11H21NO2. The first kappa shape index (κ1) is 11.5. The zero-order valence-corrected chi connectivity index (χ0v) is 9.29. The maximum absolute atomic E-state index is 11.7. The third-order valence-corrected chi connectivity index (χ3v) is 2.94. The van der Waals surface area contributed by atoms with Crippen molar-refractivity contribution in [3.05, 3.63) is 0 Å². The van der Waals surface area contributed by atoms with Crippen LogP contribution >= 0.6 is 0 Å². The third kappa shape index (κ3) is 2.98. The van der Waals surface area contributed by atoms with Gasteiger partial charge in [0.05, 0.1) is 0 Å². The number of nitrogens with zero attached hydrogens (tertiary/aromatic N) is 1. The predicted molar refractivity (Wildman–Crippen MR) is 56.1 cm³/mol. The van der Waals surface area contributed by atoms with Crippen molar-refractivity contribution in [2.75, 3.05) is 20.3 Å². The highest BCUT2D eigenvalue weighted by atomic mass is 16.5. The molecule has 1 fully saturated rings. The van der Waals surface area contributed by atoms with Crippen molar-refractivity contribution >= 4 is 5.91 Å². The number of hydrogen-bond acceptors (Lipinski definition) is 2. The van der Waals surface area contributed by atoms with Crippen molar-refractivity contribution in [2.45, 2.75) is 45.1 Å². The van der Waals surface area contributed by atoms with Gasteiger partial charge in [0.25, 0.3) is 0 Å². The second-order valence-corrected chi connectivity index (χ2v) is 3.90.